The van der Waals surface area contributed by atoms with Crippen LogP contribution in [0.4, 0.5) is 0 Å². The lowest BCUT2D eigenvalue weighted by Gasteiger charge is -2.24. The Bertz CT molecular complexity index is 542. The Balaban J connectivity index is 3.09. The van der Waals surface area contributed by atoms with Crippen LogP contribution in [0, 0.1) is 12.3 Å². The third-order valence-corrected chi connectivity index (χ3v) is 4.78. The van der Waals surface area contributed by atoms with E-state index in [0.29, 0.717) is 5.82 Å². The molecule has 0 aromatic carbocycles. The number of hydrogen-bond acceptors (Lipinski definition) is 4. The second-order valence-corrected chi connectivity index (χ2v) is 6.56. The summed E-state index contributed by atoms with van der Waals surface area (Å²) >= 11 is 0. The van der Waals surface area contributed by atoms with Crippen molar-refractivity contribution in [1.29, 1.82) is 5.41 Å². The average Bonchev–Trinajstić information content (AvgIpc) is 2.58. The molecule has 0 atom stereocenters. The summed E-state index contributed by atoms with van der Waals surface area (Å²) in [5, 5.41) is 7.24. The summed E-state index contributed by atoms with van der Waals surface area (Å²) in [6, 6.07) is -0.216. The fourth-order valence-electron chi connectivity index (χ4n) is 1.66. The third kappa shape index (κ3) is 3.54. The Morgan fingerprint density at radius 2 is 2.16 bits per heavy atom. The van der Waals surface area contributed by atoms with Crippen LogP contribution < -0.4 is 5.73 Å². The Morgan fingerprint density at radius 1 is 1.58 bits per heavy atom. The van der Waals surface area contributed by atoms with Gasteiger partial charge in [-0.3, -0.25) is 5.41 Å². The van der Waals surface area contributed by atoms with E-state index in [2.05, 4.69) is 4.98 Å². The first-order valence-electron chi connectivity index (χ1n) is 6.01. The lowest BCUT2D eigenvalue weighted by atomic mass is 10.3. The van der Waals surface area contributed by atoms with E-state index in [9.17, 15) is 8.42 Å². The summed E-state index contributed by atoms with van der Waals surface area (Å²) < 4.78 is 28.0. The Kier molecular flexibility index (Phi) is 4.70. The molecule has 3 N–H and O–H groups in total. The molecule has 7 nitrogen and oxygen atoms in total. The van der Waals surface area contributed by atoms with Crippen LogP contribution in [0.1, 0.15) is 26.1 Å². The molecule has 0 aliphatic carbocycles. The summed E-state index contributed by atoms with van der Waals surface area (Å²) in [5.74, 6) is 0.604. The van der Waals surface area contributed by atoms with Crippen molar-refractivity contribution >= 4 is 15.9 Å². The molecule has 1 rings (SSSR count). The highest BCUT2D eigenvalue weighted by Gasteiger charge is 2.29. The largest absolute Gasteiger partial charge is 0.388 e. The molecule has 19 heavy (non-hydrogen) atoms. The quantitative estimate of drug-likeness (QED) is 0.585. The number of aryl methyl sites for hydroxylation is 2. The van der Waals surface area contributed by atoms with Gasteiger partial charge in [-0.1, -0.05) is 0 Å². The fourth-order valence-corrected chi connectivity index (χ4v) is 3.32. The normalized spacial score (nSPS) is 12.3. The van der Waals surface area contributed by atoms with Gasteiger partial charge in [0.2, 0.25) is 0 Å². The SMILES string of the molecule is Cc1nc(S(=O)(=O)N(CCC(=N)N)C(C)C)cn1C. The van der Waals surface area contributed by atoms with Gasteiger partial charge >= 0.3 is 0 Å². The van der Waals surface area contributed by atoms with Crippen molar-refractivity contribution in [3.63, 3.8) is 0 Å². The van der Waals surface area contributed by atoms with Gasteiger partial charge in [0.05, 0.1) is 5.84 Å². The van der Waals surface area contributed by atoms with Gasteiger partial charge in [-0.15, -0.1) is 0 Å². The van der Waals surface area contributed by atoms with Crippen molar-refractivity contribution in [3.8, 4) is 0 Å². The highest BCUT2D eigenvalue weighted by atomic mass is 32.2. The van der Waals surface area contributed by atoms with E-state index >= 15 is 0 Å². The van der Waals surface area contributed by atoms with Crippen molar-refractivity contribution in [3.05, 3.63) is 12.0 Å². The van der Waals surface area contributed by atoms with Crippen molar-refractivity contribution < 1.29 is 8.42 Å². The van der Waals surface area contributed by atoms with Crippen LogP contribution in [0.2, 0.25) is 0 Å². The Labute approximate surface area is 114 Å². The molecule has 0 radical (unpaired) electrons. The Hall–Kier alpha value is -1.41. The van der Waals surface area contributed by atoms with E-state index in [1.165, 1.54) is 10.5 Å². The van der Waals surface area contributed by atoms with Gasteiger partial charge in [-0.25, -0.2) is 13.4 Å². The highest BCUT2D eigenvalue weighted by Crippen LogP contribution is 2.17. The van der Waals surface area contributed by atoms with Crippen LogP contribution in [0.25, 0.3) is 0 Å². The number of imidazole rings is 1. The number of nitrogens with zero attached hydrogens (tertiary/aromatic N) is 3. The summed E-state index contributed by atoms with van der Waals surface area (Å²) in [6.45, 7) is 5.50. The number of nitrogens with two attached hydrogens (primary N) is 1. The number of aromatic nitrogens is 2. The first-order chi connectivity index (χ1) is 8.66. The molecular weight excluding hydrogens is 266 g/mol. The first kappa shape index (κ1) is 15.6. The van der Waals surface area contributed by atoms with Gasteiger partial charge in [0.25, 0.3) is 10.0 Å². The van der Waals surface area contributed by atoms with Crippen LogP contribution in [0.15, 0.2) is 11.2 Å². The van der Waals surface area contributed by atoms with Crippen molar-refractivity contribution in [2.75, 3.05) is 6.54 Å². The number of hydrogen-bond donors (Lipinski definition) is 2. The zero-order valence-electron chi connectivity index (χ0n) is 11.7. The van der Waals surface area contributed by atoms with Gasteiger partial charge in [0, 0.05) is 32.3 Å². The second kappa shape index (κ2) is 5.70. The molecule has 0 aliphatic heterocycles. The smallest absolute Gasteiger partial charge is 0.262 e. The summed E-state index contributed by atoms with van der Waals surface area (Å²) in [7, 11) is -1.90. The second-order valence-electron chi connectivity index (χ2n) is 4.72. The molecule has 0 spiro atoms. The fraction of sp³-hybridized carbons (Fsp3) is 0.636. The molecule has 108 valence electrons. The first-order valence-corrected chi connectivity index (χ1v) is 7.45. The maximum absolute atomic E-state index is 12.5. The summed E-state index contributed by atoms with van der Waals surface area (Å²) in [5.41, 5.74) is 5.29. The molecule has 1 aromatic rings. The van der Waals surface area contributed by atoms with Crippen LogP contribution in [0.5, 0.6) is 0 Å². The number of amidine groups is 1. The minimum absolute atomic E-state index is 0.0296. The highest BCUT2D eigenvalue weighted by molar-refractivity contribution is 7.89. The van der Waals surface area contributed by atoms with Gasteiger partial charge in [0.15, 0.2) is 5.03 Å². The number of rotatable bonds is 6. The molecule has 0 unspecified atom stereocenters. The lowest BCUT2D eigenvalue weighted by Crippen LogP contribution is -2.39. The molecule has 8 heteroatoms. The maximum atomic E-state index is 12.5. The topological polar surface area (TPSA) is 105 Å². The lowest BCUT2D eigenvalue weighted by molar-refractivity contribution is 0.360. The zero-order valence-corrected chi connectivity index (χ0v) is 12.5. The van der Waals surface area contributed by atoms with E-state index < -0.39 is 10.0 Å². The zero-order chi connectivity index (χ0) is 14.8. The van der Waals surface area contributed by atoms with E-state index in [1.807, 2.05) is 0 Å². The van der Waals surface area contributed by atoms with E-state index in [0.717, 1.165) is 0 Å². The molecule has 0 bridgehead atoms. The monoisotopic (exact) mass is 287 g/mol. The molecule has 0 saturated carbocycles. The van der Waals surface area contributed by atoms with E-state index in [-0.39, 0.29) is 29.9 Å². The van der Waals surface area contributed by atoms with Crippen molar-refractivity contribution in [1.82, 2.24) is 13.9 Å². The number of nitrogens with one attached hydrogen (secondary N) is 1. The minimum Gasteiger partial charge on any atom is -0.388 e. The molecule has 0 amide bonds. The third-order valence-electron chi connectivity index (χ3n) is 2.84. The van der Waals surface area contributed by atoms with Crippen molar-refractivity contribution in [2.24, 2.45) is 12.8 Å². The molecule has 0 fully saturated rings. The van der Waals surface area contributed by atoms with Crippen LogP contribution in [-0.4, -0.2) is 40.7 Å². The van der Waals surface area contributed by atoms with Gasteiger partial charge < -0.3 is 10.3 Å². The molecule has 0 aliphatic rings. The van der Waals surface area contributed by atoms with Gasteiger partial charge in [0.1, 0.15) is 5.82 Å². The van der Waals surface area contributed by atoms with Crippen LogP contribution >= 0.6 is 0 Å². The minimum atomic E-state index is -3.65. The molecular formula is C11H21N5O2S. The standard InChI is InChI=1S/C11H21N5O2S/c1-8(2)16(6-5-10(12)13)19(17,18)11-7-15(4)9(3)14-11/h7-8H,5-6H2,1-4H3,(H3,12,13). The molecule has 1 heterocycles. The predicted molar refractivity (Wildman–Crippen MR) is 73.5 cm³/mol. The van der Waals surface area contributed by atoms with E-state index in [1.54, 1.807) is 32.4 Å². The number of sulfonamides is 1. The van der Waals surface area contributed by atoms with Crippen LogP contribution in [0.3, 0.4) is 0 Å². The predicted octanol–water partition coefficient (Wildman–Crippen LogP) is 0.454. The summed E-state index contributed by atoms with van der Waals surface area (Å²) in [6.07, 6.45) is 1.71. The van der Waals surface area contributed by atoms with Gasteiger partial charge in [-0.2, -0.15) is 4.31 Å². The van der Waals surface area contributed by atoms with Crippen LogP contribution in [-0.2, 0) is 17.1 Å². The Morgan fingerprint density at radius 3 is 2.53 bits per heavy atom. The molecule has 0 saturated heterocycles. The maximum Gasteiger partial charge on any atom is 0.262 e. The average molecular weight is 287 g/mol. The van der Waals surface area contributed by atoms with Crippen molar-refractivity contribution in [2.45, 2.75) is 38.3 Å². The summed E-state index contributed by atoms with van der Waals surface area (Å²) in [4.78, 5) is 4.06. The van der Waals surface area contributed by atoms with E-state index in [4.69, 9.17) is 11.1 Å². The molecule has 1 aromatic heterocycles. The van der Waals surface area contributed by atoms with Gasteiger partial charge in [-0.05, 0) is 20.8 Å².